The van der Waals surface area contributed by atoms with Crippen molar-refractivity contribution in [2.24, 2.45) is 0 Å². The lowest BCUT2D eigenvalue weighted by Crippen LogP contribution is -2.49. The molecule has 4 rings (SSSR count). The summed E-state index contributed by atoms with van der Waals surface area (Å²) in [6.07, 6.45) is -0.221. The molecule has 0 saturated carbocycles. The van der Waals surface area contributed by atoms with Gasteiger partial charge in [0.2, 0.25) is 0 Å². The zero-order valence-corrected chi connectivity index (χ0v) is 18.1. The van der Waals surface area contributed by atoms with Gasteiger partial charge in [0, 0.05) is 39.3 Å². The zero-order valence-electron chi connectivity index (χ0n) is 18.1. The van der Waals surface area contributed by atoms with E-state index in [2.05, 4.69) is 15.9 Å². The van der Waals surface area contributed by atoms with Crippen molar-refractivity contribution in [1.82, 2.24) is 9.80 Å². The number of carbonyl (C=O) groups is 2. The molecule has 2 amide bonds. The topological polar surface area (TPSA) is 73.3 Å². The molecule has 7 nitrogen and oxygen atoms in total. The predicted octanol–water partition coefficient (Wildman–Crippen LogP) is 2.17. The van der Waals surface area contributed by atoms with Gasteiger partial charge in [0.15, 0.2) is 0 Å². The number of methoxy groups -OCH3 is 1. The molecular formula is C24H29N3O4. The van der Waals surface area contributed by atoms with Gasteiger partial charge >= 0.3 is 0 Å². The van der Waals surface area contributed by atoms with E-state index in [9.17, 15) is 14.7 Å². The van der Waals surface area contributed by atoms with Crippen molar-refractivity contribution in [2.45, 2.75) is 19.4 Å². The lowest BCUT2D eigenvalue weighted by molar-refractivity contribution is 0.0590. The highest BCUT2D eigenvalue weighted by Gasteiger charge is 2.35. The Kier molecular flexibility index (Phi) is 6.25. The first-order chi connectivity index (χ1) is 15.0. The maximum atomic E-state index is 12.5. The van der Waals surface area contributed by atoms with Crippen LogP contribution in [0.4, 0.5) is 5.69 Å². The van der Waals surface area contributed by atoms with E-state index in [4.69, 9.17) is 4.74 Å². The van der Waals surface area contributed by atoms with E-state index < -0.39 is 6.10 Å². The Hall–Kier alpha value is -2.90. The quantitative estimate of drug-likeness (QED) is 0.688. The third-order valence-electron chi connectivity index (χ3n) is 6.14. The normalized spacial score (nSPS) is 17.8. The minimum absolute atomic E-state index is 0.230. The van der Waals surface area contributed by atoms with Crippen LogP contribution in [0.25, 0.3) is 0 Å². The van der Waals surface area contributed by atoms with E-state index >= 15 is 0 Å². The van der Waals surface area contributed by atoms with Crippen LogP contribution in [0, 0.1) is 6.92 Å². The Labute approximate surface area is 182 Å². The number of fused-ring (bicyclic) bond motifs is 1. The molecule has 0 spiro atoms. The van der Waals surface area contributed by atoms with Crippen LogP contribution >= 0.6 is 0 Å². The standard InChI is InChI=1S/C24H29N3O4/c1-17-6-5-9-21(22(17)31-2)26-14-12-25(13-15-26)16-18(28)10-11-27-23(29)19-7-3-4-8-20(19)24(27)30/h3-9,18,28H,10-16H2,1-2H3. The fraction of sp³-hybridized carbons (Fsp3) is 0.417. The number of aliphatic hydroxyl groups excluding tert-OH is 1. The number of para-hydroxylation sites is 1. The molecule has 31 heavy (non-hydrogen) atoms. The SMILES string of the molecule is COc1c(C)cccc1N1CCN(CC(O)CCN2C(=O)c3ccccc3C2=O)CC1. The molecule has 1 fully saturated rings. The van der Waals surface area contributed by atoms with Gasteiger partial charge in [-0.05, 0) is 37.1 Å². The van der Waals surface area contributed by atoms with Crippen molar-refractivity contribution < 1.29 is 19.4 Å². The Morgan fingerprint density at radius 3 is 2.23 bits per heavy atom. The fourth-order valence-corrected chi connectivity index (χ4v) is 4.43. The maximum absolute atomic E-state index is 12.5. The van der Waals surface area contributed by atoms with Gasteiger partial charge in [-0.3, -0.25) is 19.4 Å². The van der Waals surface area contributed by atoms with Gasteiger partial charge in [0.25, 0.3) is 11.8 Å². The van der Waals surface area contributed by atoms with E-state index in [1.54, 1.807) is 31.4 Å². The summed E-state index contributed by atoms with van der Waals surface area (Å²) >= 11 is 0. The number of piperazine rings is 1. The molecule has 7 heteroatoms. The highest BCUT2D eigenvalue weighted by molar-refractivity contribution is 6.21. The van der Waals surface area contributed by atoms with E-state index in [-0.39, 0.29) is 18.4 Å². The molecule has 1 unspecified atom stereocenters. The van der Waals surface area contributed by atoms with Crippen LogP contribution < -0.4 is 9.64 Å². The van der Waals surface area contributed by atoms with Gasteiger partial charge in [-0.25, -0.2) is 0 Å². The average molecular weight is 424 g/mol. The highest BCUT2D eigenvalue weighted by atomic mass is 16.5. The first-order valence-electron chi connectivity index (χ1n) is 10.7. The third-order valence-corrected chi connectivity index (χ3v) is 6.14. The Morgan fingerprint density at radius 1 is 0.968 bits per heavy atom. The molecule has 0 radical (unpaired) electrons. The summed E-state index contributed by atoms with van der Waals surface area (Å²) in [5.41, 5.74) is 3.12. The molecule has 2 aliphatic heterocycles. The summed E-state index contributed by atoms with van der Waals surface area (Å²) in [7, 11) is 1.70. The number of β-amino-alcohol motifs (C(OH)–C–C–N with tert-alkyl or cyclic N) is 1. The maximum Gasteiger partial charge on any atom is 0.261 e. The first kappa shape index (κ1) is 21.3. The van der Waals surface area contributed by atoms with Crippen molar-refractivity contribution >= 4 is 17.5 Å². The molecule has 2 aromatic rings. The number of ether oxygens (including phenoxy) is 1. The van der Waals surface area contributed by atoms with Crippen molar-refractivity contribution in [3.63, 3.8) is 0 Å². The lowest BCUT2D eigenvalue weighted by Gasteiger charge is -2.37. The van der Waals surface area contributed by atoms with Crippen molar-refractivity contribution in [2.75, 3.05) is 51.3 Å². The molecule has 0 bridgehead atoms. The minimum atomic E-state index is -0.593. The molecule has 2 heterocycles. The van der Waals surface area contributed by atoms with Crippen LogP contribution in [0.3, 0.4) is 0 Å². The van der Waals surface area contributed by atoms with E-state index in [1.807, 2.05) is 19.1 Å². The summed E-state index contributed by atoms with van der Waals surface area (Å²) in [4.78, 5) is 30.7. The van der Waals surface area contributed by atoms with Crippen LogP contribution in [0.15, 0.2) is 42.5 Å². The van der Waals surface area contributed by atoms with Gasteiger partial charge in [0.1, 0.15) is 5.75 Å². The lowest BCUT2D eigenvalue weighted by atomic mass is 10.1. The van der Waals surface area contributed by atoms with Crippen molar-refractivity contribution in [3.8, 4) is 5.75 Å². The number of aliphatic hydroxyl groups is 1. The van der Waals surface area contributed by atoms with Crippen LogP contribution in [0.1, 0.15) is 32.7 Å². The van der Waals surface area contributed by atoms with Crippen molar-refractivity contribution in [3.05, 3.63) is 59.2 Å². The van der Waals surface area contributed by atoms with Crippen LogP contribution in [0.2, 0.25) is 0 Å². The number of benzene rings is 2. The van der Waals surface area contributed by atoms with Crippen molar-refractivity contribution in [1.29, 1.82) is 0 Å². The summed E-state index contributed by atoms with van der Waals surface area (Å²) in [6, 6.07) is 13.0. The molecule has 0 aliphatic carbocycles. The number of hydrogen-bond acceptors (Lipinski definition) is 6. The second-order valence-corrected chi connectivity index (χ2v) is 8.16. The van der Waals surface area contributed by atoms with Gasteiger partial charge in [0.05, 0.1) is 30.0 Å². The van der Waals surface area contributed by atoms with Crippen LogP contribution in [-0.4, -0.2) is 79.2 Å². The monoisotopic (exact) mass is 423 g/mol. The highest BCUT2D eigenvalue weighted by Crippen LogP contribution is 2.32. The summed E-state index contributed by atoms with van der Waals surface area (Å²) in [6.45, 7) is 6.18. The van der Waals surface area contributed by atoms with Gasteiger partial charge in [-0.2, -0.15) is 0 Å². The van der Waals surface area contributed by atoms with Crippen LogP contribution in [0.5, 0.6) is 5.75 Å². The second kappa shape index (κ2) is 9.08. The predicted molar refractivity (Wildman–Crippen MR) is 119 cm³/mol. The van der Waals surface area contributed by atoms with E-state index in [0.717, 1.165) is 43.2 Å². The van der Waals surface area contributed by atoms with Crippen LogP contribution in [-0.2, 0) is 0 Å². The first-order valence-corrected chi connectivity index (χ1v) is 10.7. The number of rotatable bonds is 7. The molecule has 1 N–H and O–H groups in total. The number of anilines is 1. The molecular weight excluding hydrogens is 394 g/mol. The molecule has 0 aromatic heterocycles. The zero-order chi connectivity index (χ0) is 22.0. The molecule has 1 atom stereocenters. The smallest absolute Gasteiger partial charge is 0.261 e. The largest absolute Gasteiger partial charge is 0.494 e. The number of amides is 2. The molecule has 1 saturated heterocycles. The number of imide groups is 1. The van der Waals surface area contributed by atoms with E-state index in [0.29, 0.717) is 24.1 Å². The Balaban J connectivity index is 1.27. The molecule has 2 aromatic carbocycles. The average Bonchev–Trinajstić information content (AvgIpc) is 3.02. The van der Waals surface area contributed by atoms with Gasteiger partial charge in [-0.1, -0.05) is 24.3 Å². The number of nitrogens with zero attached hydrogens (tertiary/aromatic N) is 3. The number of carbonyl (C=O) groups excluding carboxylic acids is 2. The molecule has 2 aliphatic rings. The Bertz CT molecular complexity index is 934. The summed E-state index contributed by atoms with van der Waals surface area (Å²) in [5, 5.41) is 10.5. The summed E-state index contributed by atoms with van der Waals surface area (Å²) < 4.78 is 5.59. The number of aryl methyl sites for hydroxylation is 1. The third kappa shape index (κ3) is 4.29. The van der Waals surface area contributed by atoms with Gasteiger partial charge in [-0.15, -0.1) is 0 Å². The minimum Gasteiger partial charge on any atom is -0.494 e. The van der Waals surface area contributed by atoms with E-state index in [1.165, 1.54) is 4.90 Å². The number of hydrogen-bond donors (Lipinski definition) is 1. The Morgan fingerprint density at radius 2 is 1.61 bits per heavy atom. The second-order valence-electron chi connectivity index (χ2n) is 8.16. The van der Waals surface area contributed by atoms with Gasteiger partial charge < -0.3 is 14.7 Å². The summed E-state index contributed by atoms with van der Waals surface area (Å²) in [5.74, 6) is 0.374. The fourth-order valence-electron chi connectivity index (χ4n) is 4.43. The molecule has 164 valence electrons.